The summed E-state index contributed by atoms with van der Waals surface area (Å²) in [6.45, 7) is 1.76. The predicted octanol–water partition coefficient (Wildman–Crippen LogP) is 2.23. The summed E-state index contributed by atoms with van der Waals surface area (Å²) >= 11 is 0. The third-order valence-electron chi connectivity index (χ3n) is 3.74. The number of hydrogen-bond donors (Lipinski definition) is 2. The molecule has 20 heavy (non-hydrogen) atoms. The molecule has 0 aliphatic heterocycles. The van der Waals surface area contributed by atoms with Crippen LogP contribution in [-0.2, 0) is 15.0 Å². The monoisotopic (exact) mass is 279 g/mol. The van der Waals surface area contributed by atoms with Crippen LogP contribution in [0.25, 0.3) is 0 Å². The van der Waals surface area contributed by atoms with Crippen molar-refractivity contribution in [3.63, 3.8) is 0 Å². The average molecular weight is 279 g/mol. The Bertz CT molecular complexity index is 526. The molecule has 2 N–H and O–H groups in total. The van der Waals surface area contributed by atoms with Gasteiger partial charge in [0.25, 0.3) is 0 Å². The molecule has 1 atom stereocenters. The largest absolute Gasteiger partial charge is 0.481 e. The van der Waals surface area contributed by atoms with Gasteiger partial charge >= 0.3 is 5.97 Å². The van der Waals surface area contributed by atoms with Crippen LogP contribution in [0.15, 0.2) is 24.3 Å². The molecule has 0 bridgehead atoms. The summed E-state index contributed by atoms with van der Waals surface area (Å²) in [4.78, 5) is 22.8. The van der Waals surface area contributed by atoms with Gasteiger partial charge in [-0.3, -0.25) is 9.59 Å². The van der Waals surface area contributed by atoms with Crippen LogP contribution in [0, 0.1) is 5.82 Å². The first-order chi connectivity index (χ1) is 9.45. The summed E-state index contributed by atoms with van der Waals surface area (Å²) in [5, 5.41) is 11.4. The van der Waals surface area contributed by atoms with Crippen molar-refractivity contribution in [3.05, 3.63) is 35.6 Å². The highest BCUT2D eigenvalue weighted by Gasteiger charge is 2.52. The molecule has 1 aliphatic carbocycles. The number of carbonyl (C=O) groups is 2. The Balaban J connectivity index is 2.02. The van der Waals surface area contributed by atoms with Crippen molar-refractivity contribution in [2.45, 2.75) is 44.1 Å². The zero-order chi connectivity index (χ0) is 14.8. The summed E-state index contributed by atoms with van der Waals surface area (Å²) in [5.41, 5.74) is -0.328. The highest BCUT2D eigenvalue weighted by atomic mass is 19.1. The minimum absolute atomic E-state index is 0.00808. The van der Waals surface area contributed by atoms with Gasteiger partial charge in [0.05, 0.1) is 5.41 Å². The van der Waals surface area contributed by atoms with Crippen molar-refractivity contribution in [2.75, 3.05) is 0 Å². The van der Waals surface area contributed by atoms with Gasteiger partial charge in [0, 0.05) is 18.0 Å². The predicted molar refractivity (Wildman–Crippen MR) is 71.8 cm³/mol. The van der Waals surface area contributed by atoms with Crippen molar-refractivity contribution < 1.29 is 19.1 Å². The molecule has 1 fully saturated rings. The van der Waals surface area contributed by atoms with E-state index >= 15 is 0 Å². The van der Waals surface area contributed by atoms with Gasteiger partial charge in [-0.2, -0.15) is 0 Å². The Morgan fingerprint density at radius 1 is 1.40 bits per heavy atom. The van der Waals surface area contributed by atoms with Gasteiger partial charge in [0.15, 0.2) is 0 Å². The minimum Gasteiger partial charge on any atom is -0.481 e. The van der Waals surface area contributed by atoms with Gasteiger partial charge in [0.2, 0.25) is 5.91 Å². The van der Waals surface area contributed by atoms with Gasteiger partial charge in [-0.05, 0) is 32.3 Å². The van der Waals surface area contributed by atoms with Crippen molar-refractivity contribution >= 4 is 11.9 Å². The molecule has 4 nitrogen and oxygen atoms in total. The van der Waals surface area contributed by atoms with Crippen LogP contribution in [-0.4, -0.2) is 23.0 Å². The van der Waals surface area contributed by atoms with Crippen molar-refractivity contribution in [2.24, 2.45) is 0 Å². The molecule has 108 valence electrons. The molecule has 0 saturated heterocycles. The number of nitrogens with one attached hydrogen (secondary N) is 1. The minimum atomic E-state index is -0.888. The van der Waals surface area contributed by atoms with Gasteiger partial charge < -0.3 is 10.4 Å². The Hall–Kier alpha value is -1.91. The van der Waals surface area contributed by atoms with Gasteiger partial charge in [-0.25, -0.2) is 4.39 Å². The van der Waals surface area contributed by atoms with Gasteiger partial charge in [0.1, 0.15) is 5.82 Å². The standard InChI is InChI=1S/C15H18FNO3/c1-10(6-7-13(18)19)17-14(20)15(8-9-15)11-4-2-3-5-12(11)16/h2-5,10H,6-9H2,1H3,(H,17,20)(H,18,19). The zero-order valence-corrected chi connectivity index (χ0v) is 11.4. The molecule has 1 saturated carbocycles. The summed E-state index contributed by atoms with van der Waals surface area (Å²) in [6, 6.07) is 6.09. The van der Waals surface area contributed by atoms with Crippen LogP contribution in [0.1, 0.15) is 38.2 Å². The molecule has 1 amide bonds. The third-order valence-corrected chi connectivity index (χ3v) is 3.74. The van der Waals surface area contributed by atoms with Crippen molar-refractivity contribution in [1.82, 2.24) is 5.32 Å². The maximum Gasteiger partial charge on any atom is 0.303 e. The van der Waals surface area contributed by atoms with E-state index in [9.17, 15) is 14.0 Å². The lowest BCUT2D eigenvalue weighted by Gasteiger charge is -2.20. The van der Waals surface area contributed by atoms with E-state index in [1.165, 1.54) is 6.07 Å². The molecular formula is C15H18FNO3. The lowest BCUT2D eigenvalue weighted by Crippen LogP contribution is -2.40. The first-order valence-corrected chi connectivity index (χ1v) is 6.73. The Kier molecular flexibility index (Phi) is 4.06. The van der Waals surface area contributed by atoms with Crippen LogP contribution >= 0.6 is 0 Å². The van der Waals surface area contributed by atoms with Crippen molar-refractivity contribution in [1.29, 1.82) is 0 Å². The Morgan fingerprint density at radius 3 is 2.60 bits per heavy atom. The van der Waals surface area contributed by atoms with Crippen LogP contribution in [0.5, 0.6) is 0 Å². The number of benzene rings is 1. The molecule has 1 aromatic rings. The highest BCUT2D eigenvalue weighted by Crippen LogP contribution is 2.49. The van der Waals surface area contributed by atoms with E-state index in [0.717, 1.165) is 0 Å². The molecule has 1 aliphatic rings. The number of hydrogen-bond acceptors (Lipinski definition) is 2. The lowest BCUT2D eigenvalue weighted by atomic mass is 9.94. The number of carboxylic acid groups (broad SMARTS) is 1. The molecule has 0 radical (unpaired) electrons. The third kappa shape index (κ3) is 2.98. The second-order valence-electron chi connectivity index (χ2n) is 5.37. The van der Waals surface area contributed by atoms with Crippen molar-refractivity contribution in [3.8, 4) is 0 Å². The normalized spacial score (nSPS) is 17.3. The second-order valence-corrected chi connectivity index (χ2v) is 5.37. The maximum absolute atomic E-state index is 13.8. The molecule has 0 spiro atoms. The molecule has 5 heteroatoms. The summed E-state index contributed by atoms with van der Waals surface area (Å²) in [6.07, 6.45) is 1.64. The summed E-state index contributed by atoms with van der Waals surface area (Å²) in [7, 11) is 0. The number of rotatable bonds is 6. The van der Waals surface area contributed by atoms with Gasteiger partial charge in [-0.1, -0.05) is 18.2 Å². The van der Waals surface area contributed by atoms with E-state index in [4.69, 9.17) is 5.11 Å². The quantitative estimate of drug-likeness (QED) is 0.839. The molecule has 0 heterocycles. The van der Waals surface area contributed by atoms with E-state index in [1.54, 1.807) is 25.1 Å². The summed E-state index contributed by atoms with van der Waals surface area (Å²) < 4.78 is 13.8. The van der Waals surface area contributed by atoms with E-state index in [1.807, 2.05) is 0 Å². The topological polar surface area (TPSA) is 66.4 Å². The SMILES string of the molecule is CC(CCC(=O)O)NC(=O)C1(c2ccccc2F)CC1. The van der Waals surface area contributed by atoms with E-state index in [-0.39, 0.29) is 24.2 Å². The van der Waals surface area contributed by atoms with E-state index in [0.29, 0.717) is 24.8 Å². The first-order valence-electron chi connectivity index (χ1n) is 6.73. The Morgan fingerprint density at radius 2 is 2.05 bits per heavy atom. The molecule has 1 unspecified atom stereocenters. The molecule has 1 aromatic carbocycles. The average Bonchev–Trinajstić information content (AvgIpc) is 3.18. The smallest absolute Gasteiger partial charge is 0.303 e. The van der Waals surface area contributed by atoms with Crippen LogP contribution in [0.3, 0.4) is 0 Å². The van der Waals surface area contributed by atoms with E-state index in [2.05, 4.69) is 5.32 Å². The zero-order valence-electron chi connectivity index (χ0n) is 11.4. The fourth-order valence-electron chi connectivity index (χ4n) is 2.37. The van der Waals surface area contributed by atoms with Crippen LogP contribution < -0.4 is 5.32 Å². The maximum atomic E-state index is 13.8. The Labute approximate surface area is 117 Å². The second kappa shape index (κ2) is 5.61. The summed E-state index contributed by atoms with van der Waals surface area (Å²) in [5.74, 6) is -1.46. The number of carbonyl (C=O) groups excluding carboxylic acids is 1. The molecule has 2 rings (SSSR count). The molecular weight excluding hydrogens is 261 g/mol. The number of carboxylic acids is 1. The number of halogens is 1. The van der Waals surface area contributed by atoms with E-state index < -0.39 is 11.4 Å². The molecule has 0 aromatic heterocycles. The number of amides is 1. The fraction of sp³-hybridized carbons (Fsp3) is 0.467. The fourth-order valence-corrected chi connectivity index (χ4v) is 2.37. The first kappa shape index (κ1) is 14.5. The number of aliphatic carboxylic acids is 1. The van der Waals surface area contributed by atoms with Crippen LogP contribution in [0.2, 0.25) is 0 Å². The van der Waals surface area contributed by atoms with Gasteiger partial charge in [-0.15, -0.1) is 0 Å². The highest BCUT2D eigenvalue weighted by molar-refractivity contribution is 5.91. The lowest BCUT2D eigenvalue weighted by molar-refractivity contribution is -0.137. The van der Waals surface area contributed by atoms with Crippen LogP contribution in [0.4, 0.5) is 4.39 Å².